The van der Waals surface area contributed by atoms with Gasteiger partial charge in [0.25, 0.3) is 0 Å². The second kappa shape index (κ2) is 7.10. The first-order valence-electron chi connectivity index (χ1n) is 6.50. The number of hydrogen-bond acceptors (Lipinski definition) is 6. The Morgan fingerprint density at radius 1 is 1.23 bits per heavy atom. The Balaban J connectivity index is 2.57. The minimum absolute atomic E-state index is 0.00997. The predicted molar refractivity (Wildman–Crippen MR) is 88.3 cm³/mol. The fourth-order valence-electron chi connectivity index (χ4n) is 2.16. The molecule has 1 aliphatic rings. The third-order valence-electron chi connectivity index (χ3n) is 3.23. The number of nitrogens with zero attached hydrogens (tertiary/aromatic N) is 1. The zero-order chi connectivity index (χ0) is 16.3. The van der Waals surface area contributed by atoms with E-state index >= 15 is 0 Å². The largest absolute Gasteiger partial charge is 0.466 e. The van der Waals surface area contributed by atoms with Crippen LogP contribution < -0.4 is 4.90 Å². The molecule has 1 heterocycles. The summed E-state index contributed by atoms with van der Waals surface area (Å²) in [6.07, 6.45) is 0. The van der Waals surface area contributed by atoms with Gasteiger partial charge >= 0.3 is 11.9 Å². The lowest BCUT2D eigenvalue weighted by Crippen LogP contribution is -2.39. The first kappa shape index (κ1) is 16.8. The van der Waals surface area contributed by atoms with Crippen LogP contribution in [0.1, 0.15) is 5.56 Å². The summed E-state index contributed by atoms with van der Waals surface area (Å²) in [5.41, 5.74) is 2.18. The summed E-state index contributed by atoms with van der Waals surface area (Å²) >= 11 is 2.18. The fraction of sp³-hybridized carbons (Fsp3) is 0.333. The highest BCUT2D eigenvalue weighted by Gasteiger charge is 2.33. The van der Waals surface area contributed by atoms with Gasteiger partial charge in [0.15, 0.2) is 0 Å². The smallest absolute Gasteiger partial charge is 0.355 e. The van der Waals surface area contributed by atoms with Crippen LogP contribution in [-0.4, -0.2) is 39.5 Å². The minimum Gasteiger partial charge on any atom is -0.466 e. The van der Waals surface area contributed by atoms with Gasteiger partial charge in [0.05, 0.1) is 32.1 Å². The fourth-order valence-corrected chi connectivity index (χ4v) is 3.13. The van der Waals surface area contributed by atoms with Crippen LogP contribution in [0, 0.1) is 10.5 Å². The summed E-state index contributed by atoms with van der Waals surface area (Å²) in [6, 6.07) is 5.79. The van der Waals surface area contributed by atoms with Crippen molar-refractivity contribution in [1.82, 2.24) is 0 Å². The highest BCUT2D eigenvalue weighted by molar-refractivity contribution is 14.1. The lowest BCUT2D eigenvalue weighted by Gasteiger charge is -2.32. The number of anilines is 1. The van der Waals surface area contributed by atoms with Crippen molar-refractivity contribution < 1.29 is 23.8 Å². The molecule has 6 nitrogen and oxygen atoms in total. The number of rotatable bonds is 3. The lowest BCUT2D eigenvalue weighted by molar-refractivity contribution is -0.140. The van der Waals surface area contributed by atoms with E-state index in [1.54, 1.807) is 4.90 Å². The number of hydrogen-bond donors (Lipinski definition) is 0. The van der Waals surface area contributed by atoms with Crippen molar-refractivity contribution in [3.05, 3.63) is 38.6 Å². The molecule has 1 aromatic carbocycles. The maximum absolute atomic E-state index is 12.2. The molecule has 7 heteroatoms. The van der Waals surface area contributed by atoms with Crippen molar-refractivity contribution >= 4 is 40.2 Å². The van der Waals surface area contributed by atoms with Crippen molar-refractivity contribution in [2.24, 2.45) is 0 Å². The zero-order valence-electron chi connectivity index (χ0n) is 12.5. The van der Waals surface area contributed by atoms with Gasteiger partial charge in [-0.25, -0.2) is 9.59 Å². The molecule has 1 aliphatic heterocycles. The normalized spacial score (nSPS) is 14.8. The molecule has 2 rings (SSSR count). The number of benzene rings is 1. The van der Waals surface area contributed by atoms with Gasteiger partial charge < -0.3 is 19.1 Å². The second-order valence-electron chi connectivity index (χ2n) is 4.67. The standard InChI is InChI=1S/C15H16INO5/c1-9-4-5-12(11(16)6-9)17-8-22-7-10(14(18)20-2)13(17)15(19)21-3/h4-6H,7-8H2,1-3H3. The number of aryl methyl sites for hydroxylation is 1. The Morgan fingerprint density at radius 2 is 1.91 bits per heavy atom. The van der Waals surface area contributed by atoms with Crippen LogP contribution in [0.2, 0.25) is 0 Å². The van der Waals surface area contributed by atoms with Crippen molar-refractivity contribution in [1.29, 1.82) is 0 Å². The molecule has 0 amide bonds. The van der Waals surface area contributed by atoms with Gasteiger partial charge in [0.2, 0.25) is 0 Å². The summed E-state index contributed by atoms with van der Waals surface area (Å²) < 4.78 is 15.9. The highest BCUT2D eigenvalue weighted by Crippen LogP contribution is 2.30. The van der Waals surface area contributed by atoms with Crippen molar-refractivity contribution in [3.63, 3.8) is 0 Å². The third-order valence-corrected chi connectivity index (χ3v) is 4.09. The number of halogens is 1. The molecule has 0 spiro atoms. The summed E-state index contributed by atoms with van der Waals surface area (Å²) in [5, 5.41) is 0. The average Bonchev–Trinajstić information content (AvgIpc) is 2.52. The van der Waals surface area contributed by atoms with Crippen LogP contribution in [0.4, 0.5) is 5.69 Å². The molecule has 0 fully saturated rings. The molecule has 22 heavy (non-hydrogen) atoms. The molecule has 0 aromatic heterocycles. The van der Waals surface area contributed by atoms with Crippen LogP contribution in [0.5, 0.6) is 0 Å². The zero-order valence-corrected chi connectivity index (χ0v) is 14.7. The maximum Gasteiger partial charge on any atom is 0.355 e. The average molecular weight is 417 g/mol. The van der Waals surface area contributed by atoms with Gasteiger partial charge in [-0.05, 0) is 47.2 Å². The molecule has 118 valence electrons. The van der Waals surface area contributed by atoms with Crippen LogP contribution in [0.3, 0.4) is 0 Å². The molecule has 0 unspecified atom stereocenters. The Morgan fingerprint density at radius 3 is 2.50 bits per heavy atom. The van der Waals surface area contributed by atoms with Gasteiger partial charge in [0.1, 0.15) is 12.4 Å². The molecule has 0 radical (unpaired) electrons. The Hall–Kier alpha value is -1.61. The van der Waals surface area contributed by atoms with E-state index in [1.807, 2.05) is 25.1 Å². The van der Waals surface area contributed by atoms with E-state index in [2.05, 4.69) is 22.6 Å². The van der Waals surface area contributed by atoms with Gasteiger partial charge in [-0.2, -0.15) is 0 Å². The summed E-state index contributed by atoms with van der Waals surface area (Å²) in [6.45, 7) is 2.15. The number of ether oxygens (including phenoxy) is 3. The van der Waals surface area contributed by atoms with Crippen molar-refractivity contribution in [2.45, 2.75) is 6.92 Å². The van der Waals surface area contributed by atoms with Crippen LogP contribution in [0.25, 0.3) is 0 Å². The molecule has 0 N–H and O–H groups in total. The molecular weight excluding hydrogens is 401 g/mol. The quantitative estimate of drug-likeness (QED) is 0.554. The van der Waals surface area contributed by atoms with Gasteiger partial charge in [-0.1, -0.05) is 6.07 Å². The first-order valence-corrected chi connectivity index (χ1v) is 7.58. The summed E-state index contributed by atoms with van der Waals surface area (Å²) in [5.74, 6) is -1.20. The molecule has 0 saturated heterocycles. The van der Waals surface area contributed by atoms with Crippen LogP contribution in [0.15, 0.2) is 29.5 Å². The topological polar surface area (TPSA) is 65.1 Å². The van der Waals surface area contributed by atoms with E-state index in [-0.39, 0.29) is 24.6 Å². The van der Waals surface area contributed by atoms with Gasteiger partial charge in [0, 0.05) is 3.57 Å². The van der Waals surface area contributed by atoms with E-state index in [1.165, 1.54) is 14.2 Å². The first-order chi connectivity index (χ1) is 10.5. The Bertz CT molecular complexity index is 641. The highest BCUT2D eigenvalue weighted by atomic mass is 127. The van der Waals surface area contributed by atoms with Gasteiger partial charge in [-0.15, -0.1) is 0 Å². The minimum atomic E-state index is -0.604. The lowest BCUT2D eigenvalue weighted by atomic mass is 10.1. The number of esters is 2. The SMILES string of the molecule is COC(=O)C1=C(C(=O)OC)N(c2ccc(C)cc2I)COC1. The molecule has 0 bridgehead atoms. The molecule has 0 atom stereocenters. The van der Waals surface area contributed by atoms with E-state index < -0.39 is 11.9 Å². The number of carbonyl (C=O) groups excluding carboxylic acids is 2. The third kappa shape index (κ3) is 3.25. The van der Waals surface area contributed by atoms with Crippen molar-refractivity contribution in [3.8, 4) is 0 Å². The molecule has 0 saturated carbocycles. The molecule has 0 aliphatic carbocycles. The Kier molecular flexibility index (Phi) is 5.41. The Labute approximate surface area is 142 Å². The van der Waals surface area contributed by atoms with E-state index in [0.717, 1.165) is 14.8 Å². The molecule has 1 aromatic rings. The second-order valence-corrected chi connectivity index (χ2v) is 5.83. The predicted octanol–water partition coefficient (Wildman–Crippen LogP) is 1.99. The van der Waals surface area contributed by atoms with E-state index in [9.17, 15) is 9.59 Å². The van der Waals surface area contributed by atoms with Gasteiger partial charge in [-0.3, -0.25) is 0 Å². The van der Waals surface area contributed by atoms with Crippen molar-refractivity contribution in [2.75, 3.05) is 32.5 Å². The van der Waals surface area contributed by atoms with E-state index in [0.29, 0.717) is 0 Å². The maximum atomic E-state index is 12.2. The van der Waals surface area contributed by atoms with Crippen LogP contribution >= 0.6 is 22.6 Å². The van der Waals surface area contributed by atoms with E-state index in [4.69, 9.17) is 14.2 Å². The molecular formula is C15H16INO5. The number of carbonyl (C=O) groups is 2. The number of methoxy groups -OCH3 is 2. The summed E-state index contributed by atoms with van der Waals surface area (Å²) in [7, 11) is 2.54. The van der Waals surface area contributed by atoms with Crippen LogP contribution in [-0.2, 0) is 23.8 Å². The monoisotopic (exact) mass is 417 g/mol. The summed E-state index contributed by atoms with van der Waals surface area (Å²) in [4.78, 5) is 25.7.